The number of thioether (sulfide) groups is 1. The van der Waals surface area contributed by atoms with E-state index in [0.717, 1.165) is 34.0 Å². The molecule has 3 amide bonds. The lowest BCUT2D eigenvalue weighted by Gasteiger charge is -2.12. The highest BCUT2D eigenvalue weighted by Crippen LogP contribution is 2.31. The molecule has 3 aromatic rings. The van der Waals surface area contributed by atoms with Gasteiger partial charge < -0.3 is 5.73 Å². The molecule has 0 fully saturated rings. The van der Waals surface area contributed by atoms with Crippen LogP contribution in [-0.4, -0.2) is 32.4 Å². The second kappa shape index (κ2) is 8.83. The summed E-state index contributed by atoms with van der Waals surface area (Å²) in [6.45, 7) is 5.68. The Morgan fingerprint density at radius 3 is 1.93 bits per heavy atom. The van der Waals surface area contributed by atoms with E-state index in [1.54, 1.807) is 6.92 Å². The first-order valence-electron chi connectivity index (χ1n) is 8.99. The van der Waals surface area contributed by atoms with Crippen LogP contribution >= 0.6 is 11.8 Å². The Bertz CT molecular complexity index is 1040. The van der Waals surface area contributed by atoms with E-state index in [4.69, 9.17) is 5.73 Å². The number of carbonyl (C=O) groups excluding carboxylic acids is 2. The van der Waals surface area contributed by atoms with Crippen LogP contribution in [0.25, 0.3) is 22.5 Å². The second-order valence-electron chi connectivity index (χ2n) is 6.64. The van der Waals surface area contributed by atoms with E-state index in [-0.39, 0.29) is 0 Å². The Morgan fingerprint density at radius 1 is 0.897 bits per heavy atom. The molecule has 0 unspecified atom stereocenters. The summed E-state index contributed by atoms with van der Waals surface area (Å²) >= 11 is 1.11. The van der Waals surface area contributed by atoms with Crippen LogP contribution in [0.1, 0.15) is 18.1 Å². The molecule has 148 valence electrons. The van der Waals surface area contributed by atoms with Crippen LogP contribution in [0, 0.1) is 13.8 Å². The number of nitrogens with zero attached hydrogens (tertiary/aromatic N) is 3. The lowest BCUT2D eigenvalue weighted by atomic mass is 10.0. The van der Waals surface area contributed by atoms with E-state index in [1.165, 1.54) is 0 Å². The molecule has 0 radical (unpaired) electrons. The lowest BCUT2D eigenvalue weighted by Crippen LogP contribution is -2.39. The van der Waals surface area contributed by atoms with Crippen LogP contribution in [-0.2, 0) is 4.79 Å². The van der Waals surface area contributed by atoms with Crippen molar-refractivity contribution in [1.82, 2.24) is 20.5 Å². The second-order valence-corrected chi connectivity index (χ2v) is 7.95. The van der Waals surface area contributed by atoms with Gasteiger partial charge in [-0.25, -0.2) is 9.78 Å². The average molecular weight is 407 g/mol. The summed E-state index contributed by atoms with van der Waals surface area (Å²) in [4.78, 5) is 27.5. The Kier molecular flexibility index (Phi) is 6.23. The van der Waals surface area contributed by atoms with Crippen molar-refractivity contribution in [2.45, 2.75) is 31.2 Å². The number of aryl methyl sites for hydroxylation is 2. The van der Waals surface area contributed by atoms with Crippen molar-refractivity contribution in [3.8, 4) is 22.5 Å². The summed E-state index contributed by atoms with van der Waals surface area (Å²) in [6.07, 6.45) is 0. The molecule has 0 saturated carbocycles. The first kappa shape index (κ1) is 20.5. The third-order valence-electron chi connectivity index (χ3n) is 4.22. The van der Waals surface area contributed by atoms with E-state index in [9.17, 15) is 9.59 Å². The molecule has 2 aromatic carbocycles. The van der Waals surface area contributed by atoms with E-state index in [1.807, 2.05) is 62.4 Å². The number of aromatic nitrogens is 3. The summed E-state index contributed by atoms with van der Waals surface area (Å²) < 4.78 is 0. The van der Waals surface area contributed by atoms with Crippen molar-refractivity contribution in [1.29, 1.82) is 0 Å². The molecule has 0 bridgehead atoms. The van der Waals surface area contributed by atoms with Gasteiger partial charge in [-0.1, -0.05) is 71.4 Å². The number of nitrogens with one attached hydrogen (secondary N) is 1. The first-order valence-corrected chi connectivity index (χ1v) is 9.87. The molecule has 29 heavy (non-hydrogen) atoms. The molecular formula is C21H21N5O2S. The zero-order chi connectivity index (χ0) is 21.0. The smallest absolute Gasteiger partial charge is 0.318 e. The van der Waals surface area contributed by atoms with Crippen LogP contribution < -0.4 is 11.1 Å². The van der Waals surface area contributed by atoms with Gasteiger partial charge in [-0.05, 0) is 20.8 Å². The Balaban J connectivity index is 2.00. The van der Waals surface area contributed by atoms with Crippen molar-refractivity contribution in [2.75, 3.05) is 0 Å². The number of nitrogens with two attached hydrogens (primary N) is 1. The van der Waals surface area contributed by atoms with Crippen LogP contribution in [0.3, 0.4) is 0 Å². The predicted octanol–water partition coefficient (Wildman–Crippen LogP) is 3.50. The van der Waals surface area contributed by atoms with E-state index < -0.39 is 17.2 Å². The fourth-order valence-electron chi connectivity index (χ4n) is 2.61. The maximum absolute atomic E-state index is 12.0. The molecule has 1 aromatic heterocycles. The molecule has 0 saturated heterocycles. The Hall–Kier alpha value is -3.26. The van der Waals surface area contributed by atoms with Gasteiger partial charge in [0.1, 0.15) is 11.4 Å². The Morgan fingerprint density at radius 2 is 1.41 bits per heavy atom. The molecule has 3 rings (SSSR count). The van der Waals surface area contributed by atoms with Gasteiger partial charge in [0, 0.05) is 11.1 Å². The fourth-order valence-corrected chi connectivity index (χ4v) is 3.33. The molecule has 3 N–H and O–H groups in total. The Labute approximate surface area is 173 Å². The zero-order valence-electron chi connectivity index (χ0n) is 16.3. The molecule has 0 spiro atoms. The highest BCUT2D eigenvalue weighted by molar-refractivity contribution is 8.00. The quantitative estimate of drug-likeness (QED) is 0.626. The van der Waals surface area contributed by atoms with E-state index in [0.29, 0.717) is 16.5 Å². The van der Waals surface area contributed by atoms with Crippen molar-refractivity contribution in [2.24, 2.45) is 5.73 Å². The number of primary amides is 1. The van der Waals surface area contributed by atoms with Gasteiger partial charge in [-0.2, -0.15) is 0 Å². The highest BCUT2D eigenvalue weighted by atomic mass is 32.2. The summed E-state index contributed by atoms with van der Waals surface area (Å²) in [5.74, 6) is -0.509. The third-order valence-corrected chi connectivity index (χ3v) is 5.17. The van der Waals surface area contributed by atoms with Crippen molar-refractivity contribution < 1.29 is 9.59 Å². The van der Waals surface area contributed by atoms with Crippen molar-refractivity contribution in [3.05, 3.63) is 59.7 Å². The number of benzene rings is 2. The van der Waals surface area contributed by atoms with Crippen LogP contribution in [0.15, 0.2) is 53.7 Å². The first-order chi connectivity index (χ1) is 13.8. The van der Waals surface area contributed by atoms with Crippen LogP contribution in [0.4, 0.5) is 4.79 Å². The molecule has 1 heterocycles. The SMILES string of the molecule is Cc1ccc(-c2nnc(S[C@H](C)C(=O)NC(N)=O)nc2-c2ccc(C)cc2)cc1. The van der Waals surface area contributed by atoms with E-state index in [2.05, 4.69) is 20.5 Å². The maximum atomic E-state index is 12.0. The van der Waals surface area contributed by atoms with Crippen molar-refractivity contribution in [3.63, 3.8) is 0 Å². The molecule has 0 aliphatic heterocycles. The van der Waals surface area contributed by atoms with Gasteiger partial charge in [0.05, 0.1) is 5.25 Å². The zero-order valence-corrected chi connectivity index (χ0v) is 17.2. The lowest BCUT2D eigenvalue weighted by molar-refractivity contribution is -0.119. The molecule has 7 nitrogen and oxygen atoms in total. The van der Waals surface area contributed by atoms with Gasteiger partial charge in [0.25, 0.3) is 0 Å². The highest BCUT2D eigenvalue weighted by Gasteiger charge is 2.20. The summed E-state index contributed by atoms with van der Waals surface area (Å²) in [7, 11) is 0. The molecule has 0 aliphatic rings. The summed E-state index contributed by atoms with van der Waals surface area (Å²) in [6, 6.07) is 15.1. The maximum Gasteiger partial charge on any atom is 0.318 e. The fraction of sp³-hybridized carbons (Fsp3) is 0.190. The number of amides is 3. The minimum atomic E-state index is -0.892. The van der Waals surface area contributed by atoms with Crippen LogP contribution in [0.2, 0.25) is 0 Å². The van der Waals surface area contributed by atoms with E-state index >= 15 is 0 Å². The monoisotopic (exact) mass is 407 g/mol. The average Bonchev–Trinajstić information content (AvgIpc) is 2.69. The minimum Gasteiger partial charge on any atom is -0.351 e. The molecule has 0 aliphatic carbocycles. The van der Waals surface area contributed by atoms with Gasteiger partial charge in [-0.15, -0.1) is 10.2 Å². The molecule has 8 heteroatoms. The number of imide groups is 1. The van der Waals surface area contributed by atoms with Gasteiger partial charge in [0.2, 0.25) is 11.1 Å². The van der Waals surface area contributed by atoms with Gasteiger partial charge in [-0.3, -0.25) is 10.1 Å². The normalized spacial score (nSPS) is 11.7. The standard InChI is InChI=1S/C21H21N5O2S/c1-12-4-8-15(9-5-12)17-18(16-10-6-13(2)7-11-16)25-26-21(23-17)29-14(3)19(27)24-20(22)28/h4-11,14H,1-3H3,(H3,22,24,27,28)/t14-/m1/s1. The van der Waals surface area contributed by atoms with Gasteiger partial charge >= 0.3 is 6.03 Å². The molecular weight excluding hydrogens is 386 g/mol. The topological polar surface area (TPSA) is 111 Å². The predicted molar refractivity (Wildman–Crippen MR) is 113 cm³/mol. The number of carbonyl (C=O) groups is 2. The van der Waals surface area contributed by atoms with Gasteiger partial charge in [0.15, 0.2) is 0 Å². The van der Waals surface area contributed by atoms with Crippen LogP contribution in [0.5, 0.6) is 0 Å². The van der Waals surface area contributed by atoms with Crippen molar-refractivity contribution >= 4 is 23.7 Å². The largest absolute Gasteiger partial charge is 0.351 e. The number of hydrogen-bond donors (Lipinski definition) is 2. The number of urea groups is 1. The summed E-state index contributed by atoms with van der Waals surface area (Å²) in [5.41, 5.74) is 10.4. The number of hydrogen-bond acceptors (Lipinski definition) is 6. The number of rotatable bonds is 5. The summed E-state index contributed by atoms with van der Waals surface area (Å²) in [5, 5.41) is 10.4. The third kappa shape index (κ3) is 5.17. The molecule has 1 atom stereocenters. The minimum absolute atomic E-state index is 0.337.